The molecule has 14 aromatic rings. The number of para-hydroxylation sites is 4. The minimum absolute atomic E-state index is 0.516. The van der Waals surface area contributed by atoms with Gasteiger partial charge in [-0.05, 0) is 127 Å². The Balaban J connectivity index is 0.890. The normalized spacial score (nSPS) is 13.2. The first-order valence-electron chi connectivity index (χ1n) is 25.0. The van der Waals surface area contributed by atoms with Crippen molar-refractivity contribution in [2.24, 2.45) is 0 Å². The number of rotatable bonds is 5. The third-order valence-corrected chi connectivity index (χ3v) is 15.7. The van der Waals surface area contributed by atoms with E-state index < -0.39 is 5.41 Å². The molecule has 4 nitrogen and oxygen atoms in total. The quantitative estimate of drug-likeness (QED) is 0.172. The summed E-state index contributed by atoms with van der Waals surface area (Å²) in [7, 11) is 0. The molecule has 2 aromatic heterocycles. The van der Waals surface area contributed by atoms with Gasteiger partial charge >= 0.3 is 0 Å². The molecule has 0 saturated carbocycles. The van der Waals surface area contributed by atoms with Crippen molar-refractivity contribution in [2.75, 3.05) is 4.90 Å². The van der Waals surface area contributed by atoms with Crippen molar-refractivity contribution in [3.05, 3.63) is 271 Å². The van der Waals surface area contributed by atoms with E-state index in [0.29, 0.717) is 0 Å². The topological polar surface area (TPSA) is 38.8 Å². The molecule has 1 spiro atoms. The fourth-order valence-corrected chi connectivity index (χ4v) is 12.6. The largest absolute Gasteiger partial charge is 0.457 e. The molecule has 0 saturated heterocycles. The van der Waals surface area contributed by atoms with Crippen LogP contribution in [0.25, 0.3) is 98.8 Å². The molecule has 1 aliphatic heterocycles. The fraction of sp³-hybridized carbons (Fsp3) is 0.0145. The van der Waals surface area contributed by atoms with E-state index in [-0.39, 0.29) is 0 Å². The summed E-state index contributed by atoms with van der Waals surface area (Å²) in [5.74, 6) is 1.78. The van der Waals surface area contributed by atoms with Gasteiger partial charge in [0.1, 0.15) is 28.2 Å². The summed E-state index contributed by atoms with van der Waals surface area (Å²) in [6.07, 6.45) is 0. The molecule has 340 valence electrons. The summed E-state index contributed by atoms with van der Waals surface area (Å²) < 4.78 is 20.7. The summed E-state index contributed by atoms with van der Waals surface area (Å²) in [4.78, 5) is 2.35. The van der Waals surface area contributed by atoms with Crippen molar-refractivity contribution in [3.63, 3.8) is 0 Å². The van der Waals surface area contributed by atoms with Gasteiger partial charge in [0.25, 0.3) is 0 Å². The van der Waals surface area contributed by atoms with Crippen LogP contribution < -0.4 is 9.64 Å². The van der Waals surface area contributed by atoms with Gasteiger partial charge in [0.15, 0.2) is 5.58 Å². The molecule has 3 heterocycles. The Kier molecular flexibility index (Phi) is 8.35. The fourth-order valence-electron chi connectivity index (χ4n) is 12.6. The molecule has 16 rings (SSSR count). The van der Waals surface area contributed by atoms with Gasteiger partial charge in [0.05, 0.1) is 11.1 Å². The summed E-state index contributed by atoms with van der Waals surface area (Å²) in [5, 5.41) is 8.95. The van der Waals surface area contributed by atoms with E-state index in [9.17, 15) is 0 Å². The summed E-state index contributed by atoms with van der Waals surface area (Å²) >= 11 is 0. The third-order valence-electron chi connectivity index (χ3n) is 15.7. The zero-order valence-corrected chi connectivity index (χ0v) is 39.3. The standard InChI is InChI=1S/C69H41NO3/c1-2-19-46(20-3-1)70(47-40-55(50-24-14-18-42-16-4-6-21-48(42)50)67-56(41-47)66-49-22-7-5-17-43(49)34-37-64(66)72-67)61-29-15-25-53-52-35-32-45(39-65(52)73-68(53)61)44-33-36-58-54(38-44)51-23-8-9-26-57(51)69(58)59-27-10-12-30-62(59)71-63-31-13-11-28-60(63)69/h1-41H. The van der Waals surface area contributed by atoms with Crippen LogP contribution >= 0.6 is 0 Å². The Morgan fingerprint density at radius 1 is 0.315 bits per heavy atom. The maximum Gasteiger partial charge on any atom is 0.159 e. The van der Waals surface area contributed by atoms with Crippen molar-refractivity contribution in [3.8, 4) is 44.9 Å². The molecule has 1 aliphatic carbocycles. The predicted molar refractivity (Wildman–Crippen MR) is 299 cm³/mol. The van der Waals surface area contributed by atoms with Gasteiger partial charge in [-0.25, -0.2) is 0 Å². The Hall–Kier alpha value is -9.64. The van der Waals surface area contributed by atoms with Crippen LogP contribution in [-0.2, 0) is 5.41 Å². The van der Waals surface area contributed by atoms with Crippen LogP contribution in [0.15, 0.2) is 258 Å². The van der Waals surface area contributed by atoms with Crippen molar-refractivity contribution in [2.45, 2.75) is 5.41 Å². The molecule has 0 N–H and O–H groups in total. The van der Waals surface area contributed by atoms with Crippen molar-refractivity contribution < 1.29 is 13.6 Å². The molecule has 4 heteroatoms. The molecule has 0 atom stereocenters. The van der Waals surface area contributed by atoms with E-state index >= 15 is 0 Å². The number of fused-ring (bicyclic) bond motifs is 18. The van der Waals surface area contributed by atoms with Crippen LogP contribution in [0.5, 0.6) is 11.5 Å². The molecular formula is C69H41NO3. The van der Waals surface area contributed by atoms with Crippen LogP contribution in [0.4, 0.5) is 17.1 Å². The number of hydrogen-bond donors (Lipinski definition) is 0. The highest BCUT2D eigenvalue weighted by Gasteiger charge is 2.51. The second-order valence-corrected chi connectivity index (χ2v) is 19.4. The van der Waals surface area contributed by atoms with Gasteiger partial charge in [0.2, 0.25) is 0 Å². The van der Waals surface area contributed by atoms with Crippen LogP contribution in [-0.4, -0.2) is 0 Å². The highest BCUT2D eigenvalue weighted by Crippen LogP contribution is 2.62. The lowest BCUT2D eigenvalue weighted by atomic mass is 9.66. The molecule has 0 fully saturated rings. The number of benzene rings is 12. The van der Waals surface area contributed by atoms with Crippen LogP contribution in [0.3, 0.4) is 0 Å². The zero-order valence-electron chi connectivity index (χ0n) is 39.3. The second-order valence-electron chi connectivity index (χ2n) is 19.4. The van der Waals surface area contributed by atoms with Crippen molar-refractivity contribution in [1.29, 1.82) is 0 Å². The first-order chi connectivity index (χ1) is 36.2. The van der Waals surface area contributed by atoms with Gasteiger partial charge < -0.3 is 18.5 Å². The van der Waals surface area contributed by atoms with Crippen LogP contribution in [0, 0.1) is 0 Å². The van der Waals surface area contributed by atoms with E-state index in [0.717, 1.165) is 111 Å². The molecule has 0 radical (unpaired) electrons. The maximum absolute atomic E-state index is 7.19. The van der Waals surface area contributed by atoms with Gasteiger partial charge in [-0.1, -0.05) is 182 Å². The molecular weight excluding hydrogens is 891 g/mol. The number of anilines is 3. The van der Waals surface area contributed by atoms with E-state index in [1.165, 1.54) is 38.4 Å². The summed E-state index contributed by atoms with van der Waals surface area (Å²) in [5.41, 5.74) is 17.5. The molecule has 0 bridgehead atoms. The average molecular weight is 932 g/mol. The SMILES string of the molecule is c1ccc(N(c2cc(-c3cccc4ccccc34)c3oc4ccc5ccccc5c4c3c2)c2cccc3c2oc2cc(-c4ccc5c(c4)-c4ccccc4C54c5ccccc5Oc5ccccc54)ccc23)cc1. The number of furan rings is 2. The molecule has 0 amide bonds. The van der Waals surface area contributed by atoms with E-state index in [1.807, 2.05) is 0 Å². The van der Waals surface area contributed by atoms with E-state index in [4.69, 9.17) is 13.6 Å². The predicted octanol–water partition coefficient (Wildman–Crippen LogP) is 19.1. The Morgan fingerprint density at radius 2 is 0.932 bits per heavy atom. The first kappa shape index (κ1) is 40.1. The minimum atomic E-state index is -0.516. The van der Waals surface area contributed by atoms with Gasteiger partial charge in [-0.3, -0.25) is 0 Å². The Bertz CT molecular complexity index is 4570. The monoisotopic (exact) mass is 931 g/mol. The number of nitrogens with zero attached hydrogens (tertiary/aromatic N) is 1. The highest BCUT2D eigenvalue weighted by molar-refractivity contribution is 6.23. The minimum Gasteiger partial charge on any atom is -0.457 e. The zero-order chi connectivity index (χ0) is 47.8. The smallest absolute Gasteiger partial charge is 0.159 e. The van der Waals surface area contributed by atoms with Crippen LogP contribution in [0.1, 0.15) is 22.3 Å². The van der Waals surface area contributed by atoms with Gasteiger partial charge in [-0.15, -0.1) is 0 Å². The lowest BCUT2D eigenvalue weighted by Gasteiger charge is -2.39. The van der Waals surface area contributed by atoms with E-state index in [1.54, 1.807) is 0 Å². The third kappa shape index (κ3) is 5.66. The van der Waals surface area contributed by atoms with Crippen LogP contribution in [0.2, 0.25) is 0 Å². The van der Waals surface area contributed by atoms with Gasteiger partial charge in [-0.2, -0.15) is 0 Å². The molecule has 12 aromatic carbocycles. The Labute approximate surface area is 420 Å². The summed E-state index contributed by atoms with van der Waals surface area (Å²) in [6.45, 7) is 0. The van der Waals surface area contributed by atoms with Crippen molar-refractivity contribution >= 4 is 82.5 Å². The second kappa shape index (κ2) is 15.2. The number of ether oxygens (including phenoxy) is 1. The molecule has 2 aliphatic rings. The lowest BCUT2D eigenvalue weighted by Crippen LogP contribution is -2.32. The molecule has 0 unspecified atom stereocenters. The number of hydrogen-bond acceptors (Lipinski definition) is 4. The lowest BCUT2D eigenvalue weighted by molar-refractivity contribution is 0.436. The average Bonchev–Trinajstić information content (AvgIpc) is 4.17. The van der Waals surface area contributed by atoms with Crippen molar-refractivity contribution in [1.82, 2.24) is 0 Å². The Morgan fingerprint density at radius 3 is 1.77 bits per heavy atom. The maximum atomic E-state index is 7.19. The highest BCUT2D eigenvalue weighted by atomic mass is 16.5. The molecule has 73 heavy (non-hydrogen) atoms. The van der Waals surface area contributed by atoms with E-state index in [2.05, 4.69) is 254 Å². The summed E-state index contributed by atoms with van der Waals surface area (Å²) in [6, 6.07) is 89.5. The van der Waals surface area contributed by atoms with Gasteiger partial charge in [0, 0.05) is 49.6 Å². The first-order valence-corrected chi connectivity index (χ1v) is 25.0.